The van der Waals surface area contributed by atoms with Gasteiger partial charge in [-0.2, -0.15) is 0 Å². The zero-order chi connectivity index (χ0) is 50.8. The summed E-state index contributed by atoms with van der Waals surface area (Å²) >= 11 is 0. The van der Waals surface area contributed by atoms with Gasteiger partial charge < -0.3 is 39.2 Å². The number of carbonyl (C=O) groups excluding carboxylic acids is 7. The number of Topliss-reactive ketones (excluding diaryl/α,β-unsaturated/α-hetero) is 1. The minimum absolute atomic E-state index is 0.0104. The van der Waals surface area contributed by atoms with E-state index in [0.717, 1.165) is 39.5 Å². The summed E-state index contributed by atoms with van der Waals surface area (Å²) in [5, 5.41) is 5.37. The molecule has 6 rings (SSSR count). The van der Waals surface area contributed by atoms with Crippen LogP contribution in [0.25, 0.3) is 11.1 Å². The number of hydrogen-bond donors (Lipinski definition) is 2. The molecule has 0 unspecified atom stereocenters. The average molecular weight is 958 g/mol. The van der Waals surface area contributed by atoms with Gasteiger partial charge in [-0.05, 0) is 131 Å². The maximum Gasteiger partial charge on any atom is 0.407 e. The van der Waals surface area contributed by atoms with Crippen molar-refractivity contribution in [2.45, 2.75) is 110 Å². The molecule has 2 aliphatic rings. The summed E-state index contributed by atoms with van der Waals surface area (Å²) in [4.78, 5) is 95.3. The molecule has 0 saturated carbocycles. The number of methoxy groups -OCH3 is 1. The maximum absolute atomic E-state index is 14.3. The van der Waals surface area contributed by atoms with Gasteiger partial charge in [-0.15, -0.1) is 0 Å². The van der Waals surface area contributed by atoms with E-state index in [2.05, 4.69) is 17.2 Å². The SMILES string of the molecule is C=CC(=O)OCC(C)(C)C(=O)C(=O)N1CCCC[C@H]1C(=O)O[C@H](CCc1ccc(C)c(OC)c1)c1cccc(NC(=O)C[C@H](NC(=O)OCC2c3ccccc3-c3ccccc32)C(=O)OC(C)(C)C)c1. The van der Waals surface area contributed by atoms with Crippen LogP contribution in [0.5, 0.6) is 5.75 Å². The highest BCUT2D eigenvalue weighted by Crippen LogP contribution is 2.44. The van der Waals surface area contributed by atoms with E-state index in [1.165, 1.54) is 18.7 Å². The molecule has 0 aromatic heterocycles. The summed E-state index contributed by atoms with van der Waals surface area (Å²) in [7, 11) is 1.58. The number of nitrogens with zero attached hydrogens (tertiary/aromatic N) is 1. The molecule has 3 atom stereocenters. The van der Waals surface area contributed by atoms with Crippen molar-refractivity contribution in [3.05, 3.63) is 131 Å². The van der Waals surface area contributed by atoms with Crippen molar-refractivity contribution < 1.29 is 57.2 Å². The molecule has 0 bridgehead atoms. The van der Waals surface area contributed by atoms with Crippen molar-refractivity contribution in [1.29, 1.82) is 0 Å². The van der Waals surface area contributed by atoms with E-state index in [0.29, 0.717) is 36.3 Å². The average Bonchev–Trinajstić information content (AvgIpc) is 3.66. The number of esters is 3. The van der Waals surface area contributed by atoms with Crippen LogP contribution in [0.3, 0.4) is 0 Å². The zero-order valence-corrected chi connectivity index (χ0v) is 41.0. The van der Waals surface area contributed by atoms with Crippen LogP contribution in [0.4, 0.5) is 10.5 Å². The van der Waals surface area contributed by atoms with Gasteiger partial charge in [0.15, 0.2) is 0 Å². The summed E-state index contributed by atoms with van der Waals surface area (Å²) in [6.07, 6.45) is 0.800. The van der Waals surface area contributed by atoms with Crippen LogP contribution in [0.2, 0.25) is 0 Å². The van der Waals surface area contributed by atoms with Gasteiger partial charge in [0.1, 0.15) is 42.8 Å². The van der Waals surface area contributed by atoms with Gasteiger partial charge in [0.2, 0.25) is 11.7 Å². The summed E-state index contributed by atoms with van der Waals surface area (Å²) < 4.78 is 28.2. The van der Waals surface area contributed by atoms with Crippen molar-refractivity contribution >= 4 is 47.3 Å². The maximum atomic E-state index is 14.3. The summed E-state index contributed by atoms with van der Waals surface area (Å²) in [5.74, 6) is -4.15. The highest BCUT2D eigenvalue weighted by Gasteiger charge is 2.43. The Hall–Kier alpha value is -7.29. The highest BCUT2D eigenvalue weighted by molar-refractivity contribution is 6.38. The van der Waals surface area contributed by atoms with E-state index < -0.39 is 77.2 Å². The van der Waals surface area contributed by atoms with Gasteiger partial charge in [-0.1, -0.05) is 79.4 Å². The number of ether oxygens (including phenoxy) is 5. The van der Waals surface area contributed by atoms with Crippen molar-refractivity contribution in [3.8, 4) is 16.9 Å². The normalized spacial score (nSPS) is 15.2. The number of aryl methyl sites for hydroxylation is 2. The lowest BCUT2D eigenvalue weighted by atomic mass is 9.87. The number of likely N-dealkylation sites (tertiary alicyclic amines) is 1. The second-order valence-electron chi connectivity index (χ2n) is 19.2. The number of fused-ring (bicyclic) bond motifs is 3. The standard InChI is InChI=1S/C55H63N3O12/c1-9-48(60)68-33-55(6,7)49(61)50(62)58-28-15-14-23-44(58)52(64)69-45(27-26-35-25-24-34(2)46(29-35)66-8)36-17-16-18-37(30-36)56-47(59)31-43(51(63)70-54(3,4)5)57-53(65)67-32-42-40-21-12-10-19-38(40)39-20-11-13-22-41(39)42/h9-13,16-22,24-25,29-30,42-45H,1,14-15,23,26-28,31-33H2,2-8H3,(H,56,59)(H,57,65)/t43-,44-,45+/m0/s1. The molecular formula is C55H63N3O12. The first kappa shape index (κ1) is 52.1. The molecule has 4 aromatic rings. The van der Waals surface area contributed by atoms with E-state index in [1.807, 2.05) is 73.7 Å². The van der Waals surface area contributed by atoms with Crippen LogP contribution < -0.4 is 15.4 Å². The number of anilines is 1. The van der Waals surface area contributed by atoms with Crippen molar-refractivity contribution in [1.82, 2.24) is 10.2 Å². The quantitative estimate of drug-likeness (QED) is 0.0395. The minimum atomic E-state index is -1.42. The summed E-state index contributed by atoms with van der Waals surface area (Å²) in [6, 6.07) is 25.8. The molecular weight excluding hydrogens is 895 g/mol. The van der Waals surface area contributed by atoms with E-state index in [-0.39, 0.29) is 38.5 Å². The van der Waals surface area contributed by atoms with E-state index in [4.69, 9.17) is 23.7 Å². The molecule has 1 aliphatic heterocycles. The molecule has 15 heteroatoms. The molecule has 3 amide bonds. The molecule has 70 heavy (non-hydrogen) atoms. The number of benzene rings is 4. The van der Waals surface area contributed by atoms with Gasteiger partial charge in [0.05, 0.1) is 18.9 Å². The lowest BCUT2D eigenvalue weighted by Gasteiger charge is -2.36. The Bertz CT molecular complexity index is 2570. The fourth-order valence-corrected chi connectivity index (χ4v) is 8.61. The minimum Gasteiger partial charge on any atom is -0.496 e. The largest absolute Gasteiger partial charge is 0.496 e. The Morgan fingerprint density at radius 3 is 2.19 bits per heavy atom. The molecule has 1 heterocycles. The van der Waals surface area contributed by atoms with Gasteiger partial charge in [-0.25, -0.2) is 19.2 Å². The number of hydrogen-bond acceptors (Lipinski definition) is 12. The van der Waals surface area contributed by atoms with Gasteiger partial charge >= 0.3 is 24.0 Å². The van der Waals surface area contributed by atoms with E-state index in [1.54, 1.807) is 52.1 Å². The molecule has 2 N–H and O–H groups in total. The first-order chi connectivity index (χ1) is 33.3. The first-order valence-electron chi connectivity index (χ1n) is 23.5. The van der Waals surface area contributed by atoms with Crippen LogP contribution in [0.15, 0.2) is 104 Å². The van der Waals surface area contributed by atoms with E-state index in [9.17, 15) is 33.6 Å². The summed E-state index contributed by atoms with van der Waals surface area (Å²) in [6.45, 7) is 13.1. The predicted octanol–water partition coefficient (Wildman–Crippen LogP) is 8.50. The Labute approximate surface area is 409 Å². The monoisotopic (exact) mass is 957 g/mol. The fraction of sp³-hybridized carbons (Fsp3) is 0.400. The first-order valence-corrected chi connectivity index (χ1v) is 23.5. The van der Waals surface area contributed by atoms with Crippen molar-refractivity contribution in [2.75, 3.05) is 32.2 Å². The van der Waals surface area contributed by atoms with Crippen LogP contribution in [0, 0.1) is 12.3 Å². The third kappa shape index (κ3) is 13.3. The van der Waals surface area contributed by atoms with Crippen LogP contribution >= 0.6 is 0 Å². The molecule has 1 fully saturated rings. The van der Waals surface area contributed by atoms with Gasteiger partial charge in [0.25, 0.3) is 5.91 Å². The lowest BCUT2D eigenvalue weighted by molar-refractivity contribution is -0.165. The Morgan fingerprint density at radius 2 is 1.53 bits per heavy atom. The van der Waals surface area contributed by atoms with Crippen LogP contribution in [-0.4, -0.2) is 91.1 Å². The molecule has 0 spiro atoms. The Balaban J connectivity index is 1.18. The molecule has 4 aromatic carbocycles. The topological polar surface area (TPSA) is 193 Å². The number of ketones is 1. The second kappa shape index (κ2) is 22.9. The Kier molecular flexibility index (Phi) is 17.0. The fourth-order valence-electron chi connectivity index (χ4n) is 8.61. The smallest absolute Gasteiger partial charge is 0.407 e. The lowest BCUT2D eigenvalue weighted by Crippen LogP contribution is -2.53. The number of alkyl carbamates (subject to hydrolysis) is 1. The zero-order valence-electron chi connectivity index (χ0n) is 41.0. The number of carbonyl (C=O) groups is 7. The third-order valence-electron chi connectivity index (χ3n) is 12.3. The number of rotatable bonds is 19. The number of amides is 3. The molecule has 1 saturated heterocycles. The number of piperidine rings is 1. The molecule has 0 radical (unpaired) electrons. The van der Waals surface area contributed by atoms with Crippen molar-refractivity contribution in [2.24, 2.45) is 5.41 Å². The van der Waals surface area contributed by atoms with Gasteiger partial charge in [-0.3, -0.25) is 14.4 Å². The van der Waals surface area contributed by atoms with Gasteiger partial charge in [0, 0.05) is 24.2 Å². The number of nitrogens with one attached hydrogen (secondary N) is 2. The third-order valence-corrected chi connectivity index (χ3v) is 12.3. The predicted molar refractivity (Wildman–Crippen MR) is 262 cm³/mol. The molecule has 370 valence electrons. The Morgan fingerprint density at radius 1 is 0.843 bits per heavy atom. The summed E-state index contributed by atoms with van der Waals surface area (Å²) in [5.41, 5.74) is 4.49. The van der Waals surface area contributed by atoms with Crippen LogP contribution in [-0.2, 0) is 54.1 Å². The molecule has 15 nitrogen and oxygen atoms in total. The molecule has 1 aliphatic carbocycles. The second-order valence-corrected chi connectivity index (χ2v) is 19.2. The highest BCUT2D eigenvalue weighted by atomic mass is 16.6. The van der Waals surface area contributed by atoms with E-state index >= 15 is 0 Å². The van der Waals surface area contributed by atoms with Crippen LogP contribution in [0.1, 0.15) is 107 Å². The van der Waals surface area contributed by atoms with Crippen molar-refractivity contribution in [3.63, 3.8) is 0 Å².